The molecule has 0 saturated heterocycles. The smallest absolute Gasteiger partial charge is 0.317 e. The summed E-state index contributed by atoms with van der Waals surface area (Å²) in [7, 11) is 0. The minimum atomic E-state index is -0.801. The number of carbonyl (C=O) groups excluding carboxylic acids is 1. The summed E-state index contributed by atoms with van der Waals surface area (Å²) in [6.07, 6.45) is 3.11. The molecule has 27 heavy (non-hydrogen) atoms. The summed E-state index contributed by atoms with van der Waals surface area (Å²) in [6, 6.07) is 15.6. The zero-order valence-electron chi connectivity index (χ0n) is 14.7. The zero-order chi connectivity index (χ0) is 18.7. The van der Waals surface area contributed by atoms with Crippen molar-refractivity contribution in [3.05, 3.63) is 71.9 Å². The number of benzene rings is 2. The summed E-state index contributed by atoms with van der Waals surface area (Å²) in [6.45, 7) is -0.101. The van der Waals surface area contributed by atoms with Crippen LogP contribution in [0.15, 0.2) is 59.1 Å². The van der Waals surface area contributed by atoms with Gasteiger partial charge in [-0.15, -0.1) is 0 Å². The summed E-state index contributed by atoms with van der Waals surface area (Å²) in [5.74, 6) is -0.0435. The summed E-state index contributed by atoms with van der Waals surface area (Å²) < 4.78 is 24.4. The first-order valence-corrected chi connectivity index (χ1v) is 8.99. The van der Waals surface area contributed by atoms with E-state index in [0.29, 0.717) is 24.2 Å². The highest BCUT2D eigenvalue weighted by Crippen LogP contribution is 2.42. The Bertz CT molecular complexity index is 933. The van der Waals surface area contributed by atoms with Crippen LogP contribution in [0.25, 0.3) is 11.4 Å². The number of rotatable bonds is 5. The molecule has 0 unspecified atom stereocenters. The molecule has 2 aromatic carbocycles. The first-order chi connectivity index (χ1) is 13.2. The Kier molecular flexibility index (Phi) is 4.71. The Hall–Kier alpha value is -3.02. The molecule has 4 rings (SSSR count). The molecule has 0 spiro atoms. The van der Waals surface area contributed by atoms with Crippen LogP contribution in [0.4, 0.5) is 4.39 Å². The average Bonchev–Trinajstić information content (AvgIpc) is 3.37. The molecule has 1 heterocycles. The molecule has 1 aliphatic carbocycles. The Morgan fingerprint density at radius 1 is 1.11 bits per heavy atom. The third-order valence-corrected chi connectivity index (χ3v) is 5.05. The van der Waals surface area contributed by atoms with Gasteiger partial charge in [-0.2, -0.15) is 4.98 Å². The monoisotopic (exact) mass is 366 g/mol. The van der Waals surface area contributed by atoms with E-state index in [1.807, 2.05) is 30.3 Å². The molecule has 1 aliphatic rings. The lowest BCUT2D eigenvalue weighted by molar-refractivity contribution is -0.152. The highest BCUT2D eigenvalue weighted by Gasteiger charge is 2.44. The van der Waals surface area contributed by atoms with Crippen molar-refractivity contribution < 1.29 is 18.4 Å². The van der Waals surface area contributed by atoms with Gasteiger partial charge < -0.3 is 9.26 Å². The van der Waals surface area contributed by atoms with Crippen molar-refractivity contribution in [1.82, 2.24) is 10.1 Å². The van der Waals surface area contributed by atoms with Crippen molar-refractivity contribution >= 4 is 5.97 Å². The third kappa shape index (κ3) is 3.47. The molecule has 1 fully saturated rings. The van der Waals surface area contributed by atoms with E-state index in [9.17, 15) is 9.18 Å². The lowest BCUT2D eigenvalue weighted by Gasteiger charge is -2.26. The Balaban J connectivity index is 1.49. The molecule has 0 radical (unpaired) electrons. The molecular weight excluding hydrogens is 347 g/mol. The van der Waals surface area contributed by atoms with Gasteiger partial charge in [0.05, 0.1) is 5.41 Å². The Morgan fingerprint density at radius 2 is 1.89 bits per heavy atom. The Morgan fingerprint density at radius 3 is 2.63 bits per heavy atom. The lowest BCUT2D eigenvalue weighted by atomic mass is 9.79. The predicted molar refractivity (Wildman–Crippen MR) is 96.1 cm³/mol. The van der Waals surface area contributed by atoms with Gasteiger partial charge in [-0.1, -0.05) is 60.5 Å². The summed E-state index contributed by atoms with van der Waals surface area (Å²) in [5, 5.41) is 3.92. The van der Waals surface area contributed by atoms with E-state index in [4.69, 9.17) is 9.26 Å². The van der Waals surface area contributed by atoms with Crippen molar-refractivity contribution in [3.63, 3.8) is 0 Å². The quantitative estimate of drug-likeness (QED) is 0.625. The summed E-state index contributed by atoms with van der Waals surface area (Å²) in [5.41, 5.74) is 0.691. The van der Waals surface area contributed by atoms with E-state index >= 15 is 0 Å². The number of halogens is 1. The standard InChI is InChI=1S/C21H19FN2O3/c22-17-10-6-9-16(13-17)21(11-4-5-12-21)20(25)26-14-18-23-19(24-27-18)15-7-2-1-3-8-15/h1-3,6-10,13H,4-5,11-12,14H2. The van der Waals surface area contributed by atoms with Gasteiger partial charge >= 0.3 is 5.97 Å². The van der Waals surface area contributed by atoms with Crippen LogP contribution < -0.4 is 0 Å². The summed E-state index contributed by atoms with van der Waals surface area (Å²) >= 11 is 0. The van der Waals surface area contributed by atoms with E-state index in [-0.39, 0.29) is 24.3 Å². The van der Waals surface area contributed by atoms with E-state index in [1.165, 1.54) is 12.1 Å². The molecule has 0 bridgehead atoms. The number of hydrogen-bond donors (Lipinski definition) is 0. The number of nitrogens with zero attached hydrogens (tertiary/aromatic N) is 2. The fourth-order valence-electron chi connectivity index (χ4n) is 3.66. The molecule has 6 heteroatoms. The number of carbonyl (C=O) groups is 1. The average molecular weight is 366 g/mol. The molecular formula is C21H19FN2O3. The molecule has 5 nitrogen and oxygen atoms in total. The highest BCUT2D eigenvalue weighted by molar-refractivity contribution is 5.83. The van der Waals surface area contributed by atoms with E-state index in [2.05, 4.69) is 10.1 Å². The van der Waals surface area contributed by atoms with Crippen LogP contribution in [0.2, 0.25) is 0 Å². The van der Waals surface area contributed by atoms with E-state index in [1.54, 1.807) is 12.1 Å². The van der Waals surface area contributed by atoms with Crippen LogP contribution in [-0.2, 0) is 21.6 Å². The predicted octanol–water partition coefficient (Wildman–Crippen LogP) is 4.43. The van der Waals surface area contributed by atoms with Crippen molar-refractivity contribution in [1.29, 1.82) is 0 Å². The SMILES string of the molecule is O=C(OCc1nc(-c2ccccc2)no1)C1(c2cccc(F)c2)CCCC1. The van der Waals surface area contributed by atoms with Crippen LogP contribution in [0.3, 0.4) is 0 Å². The maximum absolute atomic E-state index is 13.7. The van der Waals surface area contributed by atoms with Gasteiger partial charge in [0.15, 0.2) is 6.61 Å². The first-order valence-electron chi connectivity index (χ1n) is 8.99. The molecule has 138 valence electrons. The fourth-order valence-corrected chi connectivity index (χ4v) is 3.66. The second kappa shape index (κ2) is 7.31. The van der Waals surface area contributed by atoms with Crippen LogP contribution >= 0.6 is 0 Å². The van der Waals surface area contributed by atoms with Gasteiger partial charge in [0, 0.05) is 5.56 Å². The number of ether oxygens (including phenoxy) is 1. The second-order valence-corrected chi connectivity index (χ2v) is 6.75. The number of esters is 1. The molecule has 1 saturated carbocycles. The van der Waals surface area contributed by atoms with E-state index < -0.39 is 5.41 Å². The molecule has 0 atom stereocenters. The second-order valence-electron chi connectivity index (χ2n) is 6.75. The molecule has 3 aromatic rings. The van der Waals surface area contributed by atoms with Crippen LogP contribution in [0, 0.1) is 5.82 Å². The van der Waals surface area contributed by atoms with Crippen LogP contribution in [0.5, 0.6) is 0 Å². The Labute approximate surface area is 156 Å². The number of aromatic nitrogens is 2. The van der Waals surface area contributed by atoms with Crippen LogP contribution in [0.1, 0.15) is 37.1 Å². The van der Waals surface area contributed by atoms with Gasteiger partial charge in [0.1, 0.15) is 5.82 Å². The van der Waals surface area contributed by atoms with Crippen molar-refractivity contribution in [3.8, 4) is 11.4 Å². The highest BCUT2D eigenvalue weighted by atomic mass is 19.1. The maximum atomic E-state index is 13.7. The molecule has 0 amide bonds. The topological polar surface area (TPSA) is 65.2 Å². The van der Waals surface area contributed by atoms with Gasteiger partial charge in [0.2, 0.25) is 5.82 Å². The fraction of sp³-hybridized carbons (Fsp3) is 0.286. The van der Waals surface area contributed by atoms with Gasteiger partial charge in [-0.25, -0.2) is 4.39 Å². The van der Waals surface area contributed by atoms with Crippen molar-refractivity contribution in [2.75, 3.05) is 0 Å². The number of hydrogen-bond acceptors (Lipinski definition) is 5. The zero-order valence-corrected chi connectivity index (χ0v) is 14.7. The minimum Gasteiger partial charge on any atom is -0.455 e. The van der Waals surface area contributed by atoms with Gasteiger partial charge in [-0.05, 0) is 30.5 Å². The van der Waals surface area contributed by atoms with Crippen molar-refractivity contribution in [2.24, 2.45) is 0 Å². The largest absolute Gasteiger partial charge is 0.455 e. The minimum absolute atomic E-state index is 0.101. The lowest BCUT2D eigenvalue weighted by Crippen LogP contribution is -2.34. The third-order valence-electron chi connectivity index (χ3n) is 5.05. The normalized spacial score (nSPS) is 15.6. The molecule has 0 N–H and O–H groups in total. The summed E-state index contributed by atoms with van der Waals surface area (Å²) in [4.78, 5) is 17.2. The van der Waals surface area contributed by atoms with Gasteiger partial charge in [0.25, 0.3) is 5.89 Å². The first kappa shape index (κ1) is 17.4. The van der Waals surface area contributed by atoms with E-state index in [0.717, 1.165) is 18.4 Å². The van der Waals surface area contributed by atoms with Crippen LogP contribution in [-0.4, -0.2) is 16.1 Å². The maximum Gasteiger partial charge on any atom is 0.317 e. The van der Waals surface area contributed by atoms with Gasteiger partial charge in [-0.3, -0.25) is 4.79 Å². The molecule has 1 aromatic heterocycles. The van der Waals surface area contributed by atoms with Crippen molar-refractivity contribution in [2.45, 2.75) is 37.7 Å². The molecule has 0 aliphatic heterocycles.